The van der Waals surface area contributed by atoms with Crippen LogP contribution in [-0.4, -0.2) is 13.1 Å². The molecule has 0 bridgehead atoms. The number of nitrogens with two attached hydrogens (primary N) is 1. The van der Waals surface area contributed by atoms with Crippen LogP contribution in [-0.2, 0) is 13.0 Å². The molecule has 1 aromatic heterocycles. The lowest BCUT2D eigenvalue weighted by Gasteiger charge is -2.20. The van der Waals surface area contributed by atoms with Crippen molar-refractivity contribution >= 4 is 21.6 Å². The van der Waals surface area contributed by atoms with Crippen molar-refractivity contribution in [3.05, 3.63) is 51.9 Å². The first-order chi connectivity index (χ1) is 9.99. The Morgan fingerprint density at radius 1 is 1.29 bits per heavy atom. The van der Waals surface area contributed by atoms with Crippen LogP contribution in [0.15, 0.2) is 39.2 Å². The smallest absolute Gasteiger partial charge is 0.123 e. The van der Waals surface area contributed by atoms with Crippen molar-refractivity contribution < 1.29 is 4.42 Å². The predicted octanol–water partition coefficient (Wildman–Crippen LogP) is 4.27. The molecule has 0 spiro atoms. The van der Waals surface area contributed by atoms with Gasteiger partial charge in [-0.05, 0) is 65.5 Å². The fraction of sp³-hybridized carbons (Fsp3) is 0.412. The number of anilines is 1. The molecule has 0 aliphatic carbocycles. The quantitative estimate of drug-likeness (QED) is 0.845. The van der Waals surface area contributed by atoms with E-state index in [-0.39, 0.29) is 6.04 Å². The number of hydrogen-bond acceptors (Lipinski definition) is 3. The Labute approximate surface area is 135 Å². The molecule has 1 atom stereocenters. The number of furan rings is 1. The van der Waals surface area contributed by atoms with E-state index in [1.54, 1.807) is 0 Å². The van der Waals surface area contributed by atoms with Crippen LogP contribution in [0.3, 0.4) is 0 Å². The molecule has 0 amide bonds. The van der Waals surface area contributed by atoms with Crippen LogP contribution >= 0.6 is 15.9 Å². The molecule has 2 aromatic rings. The van der Waals surface area contributed by atoms with Crippen molar-refractivity contribution in [1.82, 2.24) is 0 Å². The highest BCUT2D eigenvalue weighted by Gasteiger charge is 2.10. The van der Waals surface area contributed by atoms with Gasteiger partial charge >= 0.3 is 0 Å². The number of benzene rings is 1. The minimum atomic E-state index is 0.228. The second-order valence-electron chi connectivity index (χ2n) is 5.53. The molecule has 1 heterocycles. The van der Waals surface area contributed by atoms with Crippen LogP contribution < -0.4 is 10.6 Å². The zero-order valence-corrected chi connectivity index (χ0v) is 14.5. The third-order valence-electron chi connectivity index (χ3n) is 3.63. The highest BCUT2D eigenvalue weighted by atomic mass is 79.9. The largest absolute Gasteiger partial charge is 0.464 e. The van der Waals surface area contributed by atoms with E-state index >= 15 is 0 Å². The van der Waals surface area contributed by atoms with Crippen LogP contribution in [0, 0.1) is 6.92 Å². The number of halogens is 1. The summed E-state index contributed by atoms with van der Waals surface area (Å²) >= 11 is 3.67. The molecule has 4 heteroatoms. The second kappa shape index (κ2) is 7.14. The van der Waals surface area contributed by atoms with Crippen LogP contribution in [0.2, 0.25) is 0 Å². The topological polar surface area (TPSA) is 42.4 Å². The lowest BCUT2D eigenvalue weighted by molar-refractivity contribution is 0.481. The second-order valence-corrected chi connectivity index (χ2v) is 6.38. The summed E-state index contributed by atoms with van der Waals surface area (Å²) in [6, 6.07) is 10.7. The summed E-state index contributed by atoms with van der Waals surface area (Å²) in [5.41, 5.74) is 8.44. The standard InChI is InChI=1S/C17H23BrN2O/c1-4-14(19)9-13-6-8-17(16(18)10-13)20(3)11-15-7-5-12(2)21-15/h5-8,10,14H,4,9,11,19H2,1-3H3. The molecule has 0 aliphatic rings. The summed E-state index contributed by atoms with van der Waals surface area (Å²) in [5, 5.41) is 0. The molecular weight excluding hydrogens is 328 g/mol. The van der Waals surface area contributed by atoms with E-state index in [1.165, 1.54) is 5.56 Å². The van der Waals surface area contributed by atoms with Gasteiger partial charge in [0, 0.05) is 17.6 Å². The van der Waals surface area contributed by atoms with Crippen molar-refractivity contribution in [2.45, 2.75) is 39.3 Å². The zero-order chi connectivity index (χ0) is 15.4. The maximum Gasteiger partial charge on any atom is 0.123 e. The minimum absolute atomic E-state index is 0.228. The monoisotopic (exact) mass is 350 g/mol. The average molecular weight is 351 g/mol. The summed E-state index contributed by atoms with van der Waals surface area (Å²) in [5.74, 6) is 1.92. The molecule has 1 aromatic carbocycles. The summed E-state index contributed by atoms with van der Waals surface area (Å²) in [7, 11) is 2.06. The third-order valence-corrected chi connectivity index (χ3v) is 4.27. The van der Waals surface area contributed by atoms with Gasteiger partial charge in [0.15, 0.2) is 0 Å². The van der Waals surface area contributed by atoms with Crippen LogP contribution in [0.5, 0.6) is 0 Å². The molecule has 0 saturated heterocycles. The number of aryl methyl sites for hydroxylation is 1. The Kier molecular flexibility index (Phi) is 5.48. The van der Waals surface area contributed by atoms with Gasteiger partial charge in [-0.2, -0.15) is 0 Å². The minimum Gasteiger partial charge on any atom is -0.464 e. The van der Waals surface area contributed by atoms with Gasteiger partial charge in [0.25, 0.3) is 0 Å². The Hall–Kier alpha value is -1.26. The predicted molar refractivity (Wildman–Crippen MR) is 91.7 cm³/mol. The fourth-order valence-corrected chi connectivity index (χ4v) is 3.05. The SMILES string of the molecule is CCC(N)Cc1ccc(N(C)Cc2ccc(C)o2)c(Br)c1. The van der Waals surface area contributed by atoms with E-state index in [0.29, 0.717) is 0 Å². The average Bonchev–Trinajstić information content (AvgIpc) is 2.83. The molecule has 3 nitrogen and oxygen atoms in total. The van der Waals surface area contributed by atoms with Crippen LogP contribution in [0.4, 0.5) is 5.69 Å². The third kappa shape index (κ3) is 4.35. The molecule has 2 N–H and O–H groups in total. The molecule has 0 radical (unpaired) electrons. The van der Waals surface area contributed by atoms with Crippen molar-refractivity contribution in [2.75, 3.05) is 11.9 Å². The molecule has 0 fully saturated rings. The molecule has 21 heavy (non-hydrogen) atoms. The molecule has 114 valence electrons. The molecule has 1 unspecified atom stereocenters. The Balaban J connectivity index is 2.09. The number of hydrogen-bond donors (Lipinski definition) is 1. The van der Waals surface area contributed by atoms with Gasteiger partial charge in [-0.1, -0.05) is 13.0 Å². The van der Waals surface area contributed by atoms with Gasteiger partial charge in [0.1, 0.15) is 11.5 Å². The van der Waals surface area contributed by atoms with Gasteiger partial charge in [0.2, 0.25) is 0 Å². The van der Waals surface area contributed by atoms with Gasteiger partial charge in [0.05, 0.1) is 12.2 Å². The summed E-state index contributed by atoms with van der Waals surface area (Å²) in [6.07, 6.45) is 1.91. The lowest BCUT2D eigenvalue weighted by Crippen LogP contribution is -2.21. The highest BCUT2D eigenvalue weighted by molar-refractivity contribution is 9.10. The number of rotatable bonds is 6. The number of nitrogens with zero attached hydrogens (tertiary/aromatic N) is 1. The Morgan fingerprint density at radius 2 is 2.05 bits per heavy atom. The summed E-state index contributed by atoms with van der Waals surface area (Å²) < 4.78 is 6.72. The summed E-state index contributed by atoms with van der Waals surface area (Å²) in [4.78, 5) is 2.17. The molecular formula is C17H23BrN2O. The van der Waals surface area contributed by atoms with Gasteiger partial charge < -0.3 is 15.1 Å². The molecule has 2 rings (SSSR count). The van der Waals surface area contributed by atoms with E-state index in [2.05, 4.69) is 53.0 Å². The maximum atomic E-state index is 6.02. The first-order valence-corrected chi connectivity index (χ1v) is 8.09. The van der Waals surface area contributed by atoms with Gasteiger partial charge in [-0.15, -0.1) is 0 Å². The van der Waals surface area contributed by atoms with Crippen molar-refractivity contribution in [2.24, 2.45) is 5.73 Å². The Bertz CT molecular complexity index is 594. The fourth-order valence-electron chi connectivity index (χ4n) is 2.32. The van der Waals surface area contributed by atoms with E-state index in [4.69, 9.17) is 10.2 Å². The molecule has 0 saturated carbocycles. The first kappa shape index (κ1) is 16.1. The van der Waals surface area contributed by atoms with E-state index < -0.39 is 0 Å². The molecule has 0 aliphatic heterocycles. The highest BCUT2D eigenvalue weighted by Crippen LogP contribution is 2.28. The van der Waals surface area contributed by atoms with Crippen LogP contribution in [0.1, 0.15) is 30.4 Å². The Morgan fingerprint density at radius 3 is 2.62 bits per heavy atom. The first-order valence-electron chi connectivity index (χ1n) is 7.30. The maximum absolute atomic E-state index is 6.02. The van der Waals surface area contributed by atoms with Crippen molar-refractivity contribution in [3.63, 3.8) is 0 Å². The van der Waals surface area contributed by atoms with E-state index in [9.17, 15) is 0 Å². The summed E-state index contributed by atoms with van der Waals surface area (Å²) in [6.45, 7) is 4.83. The van der Waals surface area contributed by atoms with Gasteiger partial charge in [-0.3, -0.25) is 0 Å². The zero-order valence-electron chi connectivity index (χ0n) is 12.9. The van der Waals surface area contributed by atoms with E-state index in [0.717, 1.165) is 41.1 Å². The lowest BCUT2D eigenvalue weighted by atomic mass is 10.0. The van der Waals surface area contributed by atoms with Gasteiger partial charge in [-0.25, -0.2) is 0 Å². The van der Waals surface area contributed by atoms with Crippen molar-refractivity contribution in [3.8, 4) is 0 Å². The normalized spacial score (nSPS) is 12.4. The van der Waals surface area contributed by atoms with Crippen molar-refractivity contribution in [1.29, 1.82) is 0 Å². The van der Waals surface area contributed by atoms with E-state index in [1.807, 2.05) is 19.1 Å². The van der Waals surface area contributed by atoms with Crippen LogP contribution in [0.25, 0.3) is 0 Å².